The lowest BCUT2D eigenvalue weighted by Crippen LogP contribution is -2.66. The summed E-state index contributed by atoms with van der Waals surface area (Å²) in [6.45, 7) is 5.82. The van der Waals surface area contributed by atoms with Crippen LogP contribution in [0.1, 0.15) is 32.4 Å². The smallest absolute Gasteiger partial charge is 0.246 e. The van der Waals surface area contributed by atoms with Crippen molar-refractivity contribution >= 4 is 5.91 Å². The minimum atomic E-state index is -1.02. The minimum Gasteiger partial charge on any atom is -0.497 e. The van der Waals surface area contributed by atoms with Gasteiger partial charge in [0.15, 0.2) is 5.41 Å². The highest BCUT2D eigenvalue weighted by molar-refractivity contribution is 5.94. The van der Waals surface area contributed by atoms with E-state index in [1.54, 1.807) is 19.1 Å². The number of nitriles is 1. The molecule has 2 rings (SSSR count). The fraction of sp³-hybridized carbons (Fsp3) is 0.500. The molecule has 1 saturated heterocycles. The van der Waals surface area contributed by atoms with Gasteiger partial charge in [-0.1, -0.05) is 32.9 Å². The topological polar surface area (TPSA) is 53.3 Å². The normalized spacial score (nSPS) is 25.9. The van der Waals surface area contributed by atoms with Crippen LogP contribution in [-0.4, -0.2) is 25.0 Å². The van der Waals surface area contributed by atoms with Gasteiger partial charge in [-0.3, -0.25) is 4.79 Å². The van der Waals surface area contributed by atoms with E-state index in [1.165, 1.54) is 0 Å². The number of hydrogen-bond acceptors (Lipinski definition) is 3. The number of likely N-dealkylation sites (tertiary alicyclic amines) is 1. The van der Waals surface area contributed by atoms with Crippen LogP contribution in [0.4, 0.5) is 0 Å². The molecule has 1 fully saturated rings. The Morgan fingerprint density at radius 2 is 2.05 bits per heavy atom. The Balaban J connectivity index is 2.54. The minimum absolute atomic E-state index is 0.111. The number of carbonyl (C=O) groups excluding carboxylic acids is 1. The Kier molecular flexibility index (Phi) is 3.25. The number of hydrogen-bond donors (Lipinski definition) is 0. The van der Waals surface area contributed by atoms with Crippen molar-refractivity contribution in [3.05, 3.63) is 29.8 Å². The molecule has 0 bridgehead atoms. The molecule has 4 nitrogen and oxygen atoms in total. The van der Waals surface area contributed by atoms with E-state index in [4.69, 9.17) is 4.74 Å². The lowest BCUT2D eigenvalue weighted by atomic mass is 9.55. The first-order valence-corrected chi connectivity index (χ1v) is 6.62. The Labute approximate surface area is 120 Å². The van der Waals surface area contributed by atoms with Crippen LogP contribution in [-0.2, 0) is 4.79 Å². The van der Waals surface area contributed by atoms with Gasteiger partial charge in [-0.2, -0.15) is 5.26 Å². The second kappa shape index (κ2) is 4.52. The Morgan fingerprint density at radius 1 is 1.40 bits per heavy atom. The summed E-state index contributed by atoms with van der Waals surface area (Å²) in [6.07, 6.45) is 0. The molecule has 1 aliphatic heterocycles. The van der Waals surface area contributed by atoms with Crippen LogP contribution < -0.4 is 4.74 Å². The van der Waals surface area contributed by atoms with Gasteiger partial charge < -0.3 is 9.64 Å². The molecule has 4 heteroatoms. The Bertz CT molecular complexity index is 583. The number of β-lactam (4-membered cyclic amide) rings is 1. The van der Waals surface area contributed by atoms with Gasteiger partial charge in [0, 0.05) is 7.05 Å². The zero-order valence-corrected chi connectivity index (χ0v) is 12.6. The summed E-state index contributed by atoms with van der Waals surface area (Å²) in [7, 11) is 3.35. The predicted molar refractivity (Wildman–Crippen MR) is 76.0 cm³/mol. The van der Waals surface area contributed by atoms with Crippen molar-refractivity contribution in [1.82, 2.24) is 4.90 Å². The molecule has 0 radical (unpaired) electrons. The first-order valence-electron chi connectivity index (χ1n) is 6.62. The average molecular weight is 272 g/mol. The highest BCUT2D eigenvalue weighted by atomic mass is 16.5. The molecule has 1 heterocycles. The highest BCUT2D eigenvalue weighted by Gasteiger charge is 2.66. The van der Waals surface area contributed by atoms with Crippen molar-refractivity contribution < 1.29 is 9.53 Å². The fourth-order valence-electron chi connectivity index (χ4n) is 3.03. The monoisotopic (exact) mass is 272 g/mol. The van der Waals surface area contributed by atoms with E-state index in [2.05, 4.69) is 6.07 Å². The van der Waals surface area contributed by atoms with Crippen molar-refractivity contribution in [2.24, 2.45) is 10.8 Å². The van der Waals surface area contributed by atoms with Crippen LogP contribution in [0.3, 0.4) is 0 Å². The van der Waals surface area contributed by atoms with E-state index in [0.29, 0.717) is 0 Å². The standard InChI is InChI=1S/C16H20N2O2/c1-15(2,3)16(10-17)13(18(4)14(16)19)11-7-6-8-12(9-11)20-5/h6-9,13H,1-5H3/t13-,16+/m1/s1. The molecule has 0 spiro atoms. The van der Waals surface area contributed by atoms with Crippen LogP contribution in [0.25, 0.3) is 0 Å². The van der Waals surface area contributed by atoms with Gasteiger partial charge in [-0.05, 0) is 23.1 Å². The number of methoxy groups -OCH3 is 1. The van der Waals surface area contributed by atoms with Gasteiger partial charge in [0.25, 0.3) is 0 Å². The van der Waals surface area contributed by atoms with E-state index in [0.717, 1.165) is 11.3 Å². The van der Waals surface area contributed by atoms with Crippen molar-refractivity contribution in [2.75, 3.05) is 14.2 Å². The maximum absolute atomic E-state index is 12.4. The molecule has 1 amide bonds. The molecule has 0 N–H and O–H groups in total. The molecule has 20 heavy (non-hydrogen) atoms. The number of benzene rings is 1. The number of amides is 1. The first kappa shape index (κ1) is 14.4. The zero-order chi connectivity index (χ0) is 15.1. The van der Waals surface area contributed by atoms with Crippen LogP contribution >= 0.6 is 0 Å². The number of ether oxygens (including phenoxy) is 1. The third kappa shape index (κ3) is 1.70. The van der Waals surface area contributed by atoms with E-state index < -0.39 is 10.8 Å². The lowest BCUT2D eigenvalue weighted by Gasteiger charge is -2.56. The fourth-order valence-corrected chi connectivity index (χ4v) is 3.03. The van der Waals surface area contributed by atoms with Crippen molar-refractivity contribution in [3.8, 4) is 11.8 Å². The van der Waals surface area contributed by atoms with Gasteiger partial charge in [0.2, 0.25) is 5.91 Å². The van der Waals surface area contributed by atoms with Crippen LogP contribution in [0, 0.1) is 22.2 Å². The molecule has 2 atom stereocenters. The van der Waals surface area contributed by atoms with E-state index in [9.17, 15) is 10.1 Å². The van der Waals surface area contributed by atoms with Crippen LogP contribution in [0.5, 0.6) is 5.75 Å². The summed E-state index contributed by atoms with van der Waals surface area (Å²) in [6, 6.07) is 9.62. The second-order valence-electron chi connectivity index (χ2n) is 6.27. The molecular weight excluding hydrogens is 252 g/mol. The maximum atomic E-state index is 12.4. The number of nitrogens with zero attached hydrogens (tertiary/aromatic N) is 2. The summed E-state index contributed by atoms with van der Waals surface area (Å²) in [5, 5.41) is 9.69. The summed E-state index contributed by atoms with van der Waals surface area (Å²) in [5.74, 6) is 0.622. The van der Waals surface area contributed by atoms with E-state index in [1.807, 2.05) is 45.0 Å². The van der Waals surface area contributed by atoms with Gasteiger partial charge in [-0.15, -0.1) is 0 Å². The molecule has 1 aromatic carbocycles. The molecule has 0 saturated carbocycles. The van der Waals surface area contributed by atoms with Crippen molar-refractivity contribution in [3.63, 3.8) is 0 Å². The van der Waals surface area contributed by atoms with Crippen LogP contribution in [0.2, 0.25) is 0 Å². The van der Waals surface area contributed by atoms with Gasteiger partial charge in [-0.25, -0.2) is 0 Å². The largest absolute Gasteiger partial charge is 0.497 e. The molecule has 106 valence electrons. The van der Waals surface area contributed by atoms with Crippen molar-refractivity contribution in [1.29, 1.82) is 5.26 Å². The summed E-state index contributed by atoms with van der Waals surface area (Å²) in [5.41, 5.74) is -0.518. The molecule has 0 unspecified atom stereocenters. The quantitative estimate of drug-likeness (QED) is 0.778. The predicted octanol–water partition coefficient (Wildman–Crippen LogP) is 2.76. The summed E-state index contributed by atoms with van der Waals surface area (Å²) in [4.78, 5) is 14.0. The van der Waals surface area contributed by atoms with Crippen LogP contribution in [0.15, 0.2) is 24.3 Å². The first-order chi connectivity index (χ1) is 9.29. The average Bonchev–Trinajstić information content (AvgIpc) is 2.41. The molecular formula is C16H20N2O2. The molecule has 1 aliphatic rings. The van der Waals surface area contributed by atoms with Gasteiger partial charge >= 0.3 is 0 Å². The molecule has 0 aliphatic carbocycles. The number of carbonyl (C=O) groups is 1. The zero-order valence-electron chi connectivity index (χ0n) is 12.6. The third-order valence-corrected chi connectivity index (χ3v) is 4.22. The highest BCUT2D eigenvalue weighted by Crippen LogP contribution is 2.58. The summed E-state index contributed by atoms with van der Waals surface area (Å²) >= 11 is 0. The Hall–Kier alpha value is -2.02. The SMILES string of the molecule is COc1cccc([C@H]2N(C)C(=O)[C@@]2(C#N)C(C)(C)C)c1. The molecule has 0 aromatic heterocycles. The molecule has 1 aromatic rings. The second-order valence-corrected chi connectivity index (χ2v) is 6.27. The van der Waals surface area contributed by atoms with Gasteiger partial charge in [0.05, 0.1) is 19.2 Å². The summed E-state index contributed by atoms with van der Waals surface area (Å²) < 4.78 is 5.24. The third-order valence-electron chi connectivity index (χ3n) is 4.22. The van der Waals surface area contributed by atoms with E-state index >= 15 is 0 Å². The maximum Gasteiger partial charge on any atom is 0.246 e. The Morgan fingerprint density at radius 3 is 2.55 bits per heavy atom. The lowest BCUT2D eigenvalue weighted by molar-refractivity contribution is -0.174. The number of rotatable bonds is 2. The van der Waals surface area contributed by atoms with E-state index in [-0.39, 0.29) is 11.9 Å². The van der Waals surface area contributed by atoms with Crippen molar-refractivity contribution in [2.45, 2.75) is 26.8 Å². The van der Waals surface area contributed by atoms with Gasteiger partial charge in [0.1, 0.15) is 5.75 Å².